The molecule has 2 nitrogen and oxygen atoms in total. The lowest BCUT2D eigenvalue weighted by Gasteiger charge is -2.41. The van der Waals surface area contributed by atoms with E-state index in [1.807, 2.05) is 0 Å². The highest BCUT2D eigenvalue weighted by atomic mass is 15.1. The number of hydrogen-bond acceptors (Lipinski definition) is 2. The van der Waals surface area contributed by atoms with Gasteiger partial charge < -0.3 is 10.6 Å². The van der Waals surface area contributed by atoms with E-state index in [0.717, 1.165) is 12.5 Å². The van der Waals surface area contributed by atoms with Crippen molar-refractivity contribution >= 4 is 0 Å². The summed E-state index contributed by atoms with van der Waals surface area (Å²) in [5, 5.41) is 0. The highest BCUT2D eigenvalue weighted by Crippen LogP contribution is 2.36. The molecule has 3 rings (SSSR count). The third kappa shape index (κ3) is 2.56. The molecule has 2 heteroatoms. The number of nitrogens with zero attached hydrogens (tertiary/aromatic N) is 1. The molecule has 2 N–H and O–H groups in total. The first kappa shape index (κ1) is 13.1. The van der Waals surface area contributed by atoms with Gasteiger partial charge in [-0.25, -0.2) is 0 Å². The van der Waals surface area contributed by atoms with Crippen LogP contribution in [0.25, 0.3) is 0 Å². The molecular formula is C17H26N2. The second-order valence-corrected chi connectivity index (χ2v) is 6.39. The first-order valence-electron chi connectivity index (χ1n) is 7.77. The van der Waals surface area contributed by atoms with Crippen molar-refractivity contribution in [3.05, 3.63) is 35.4 Å². The second kappa shape index (κ2) is 5.64. The zero-order chi connectivity index (χ0) is 13.2. The van der Waals surface area contributed by atoms with Crippen LogP contribution in [0.4, 0.5) is 0 Å². The smallest absolute Gasteiger partial charge is 0.0133 e. The van der Waals surface area contributed by atoms with Crippen LogP contribution in [0.5, 0.6) is 0 Å². The highest BCUT2D eigenvalue weighted by Gasteiger charge is 2.32. The minimum Gasteiger partial charge on any atom is -0.330 e. The van der Waals surface area contributed by atoms with Gasteiger partial charge in [0.2, 0.25) is 0 Å². The molecule has 1 saturated carbocycles. The van der Waals surface area contributed by atoms with Gasteiger partial charge >= 0.3 is 0 Å². The molecule has 0 spiro atoms. The molecular weight excluding hydrogens is 232 g/mol. The molecule has 3 atom stereocenters. The van der Waals surface area contributed by atoms with Gasteiger partial charge in [0, 0.05) is 18.5 Å². The largest absolute Gasteiger partial charge is 0.330 e. The lowest BCUT2D eigenvalue weighted by atomic mass is 9.76. The minimum atomic E-state index is 0.714. The molecule has 1 fully saturated rings. The maximum atomic E-state index is 5.96. The second-order valence-electron chi connectivity index (χ2n) is 6.39. The Kier molecular flexibility index (Phi) is 3.90. The minimum absolute atomic E-state index is 0.714. The van der Waals surface area contributed by atoms with Gasteiger partial charge in [0.05, 0.1) is 0 Å². The molecule has 3 unspecified atom stereocenters. The molecule has 1 aromatic rings. The number of likely N-dealkylation sites (N-methyl/N-ethyl adjacent to an activating group) is 1. The average Bonchev–Trinajstić information content (AvgIpc) is 2.44. The van der Waals surface area contributed by atoms with Crippen molar-refractivity contribution in [2.24, 2.45) is 11.7 Å². The van der Waals surface area contributed by atoms with Crippen molar-refractivity contribution in [1.82, 2.24) is 4.90 Å². The standard InChI is InChI=1S/C17H26N2/c1-19(17-9-5-3-7-14(17)11-18)12-15-10-13-6-2-4-8-16(13)15/h2,4,6,8,14-15,17H,3,5,7,9-12,18H2,1H3. The Labute approximate surface area is 117 Å². The van der Waals surface area contributed by atoms with Crippen molar-refractivity contribution < 1.29 is 0 Å². The van der Waals surface area contributed by atoms with Gasteiger partial charge in [-0.3, -0.25) is 0 Å². The maximum absolute atomic E-state index is 5.96. The summed E-state index contributed by atoms with van der Waals surface area (Å²) in [4.78, 5) is 2.59. The number of fused-ring (bicyclic) bond motifs is 1. The van der Waals surface area contributed by atoms with Crippen LogP contribution in [0.3, 0.4) is 0 Å². The van der Waals surface area contributed by atoms with E-state index in [9.17, 15) is 0 Å². The Morgan fingerprint density at radius 1 is 1.21 bits per heavy atom. The fourth-order valence-corrected chi connectivity index (χ4v) is 4.05. The Hall–Kier alpha value is -0.860. The molecule has 0 radical (unpaired) electrons. The first-order chi connectivity index (χ1) is 9.29. The Morgan fingerprint density at radius 3 is 2.79 bits per heavy atom. The van der Waals surface area contributed by atoms with Crippen molar-refractivity contribution in [2.45, 2.75) is 44.1 Å². The van der Waals surface area contributed by atoms with E-state index in [4.69, 9.17) is 5.73 Å². The average molecular weight is 258 g/mol. The Balaban J connectivity index is 1.61. The summed E-state index contributed by atoms with van der Waals surface area (Å²) >= 11 is 0. The van der Waals surface area contributed by atoms with E-state index >= 15 is 0 Å². The quantitative estimate of drug-likeness (QED) is 0.900. The molecule has 2 aliphatic rings. The van der Waals surface area contributed by atoms with Gasteiger partial charge in [0.15, 0.2) is 0 Å². The summed E-state index contributed by atoms with van der Waals surface area (Å²) in [7, 11) is 2.31. The summed E-state index contributed by atoms with van der Waals surface area (Å²) in [6, 6.07) is 9.62. The molecule has 0 heterocycles. The molecule has 19 heavy (non-hydrogen) atoms. The number of hydrogen-bond donors (Lipinski definition) is 1. The number of rotatable bonds is 4. The summed E-state index contributed by atoms with van der Waals surface area (Å²) in [6.45, 7) is 2.06. The molecule has 2 aliphatic carbocycles. The normalized spacial score (nSPS) is 29.9. The molecule has 104 valence electrons. The van der Waals surface area contributed by atoms with E-state index in [-0.39, 0.29) is 0 Å². The van der Waals surface area contributed by atoms with Gasteiger partial charge in [-0.2, -0.15) is 0 Å². The monoisotopic (exact) mass is 258 g/mol. The van der Waals surface area contributed by atoms with Crippen LogP contribution < -0.4 is 5.73 Å². The van der Waals surface area contributed by atoms with E-state index in [0.29, 0.717) is 12.0 Å². The van der Waals surface area contributed by atoms with Crippen LogP contribution in [0.2, 0.25) is 0 Å². The fourth-order valence-electron chi connectivity index (χ4n) is 4.05. The molecule has 0 saturated heterocycles. The van der Waals surface area contributed by atoms with Crippen LogP contribution >= 0.6 is 0 Å². The van der Waals surface area contributed by atoms with Gasteiger partial charge in [-0.1, -0.05) is 37.1 Å². The van der Waals surface area contributed by atoms with E-state index < -0.39 is 0 Å². The predicted molar refractivity (Wildman–Crippen MR) is 80.3 cm³/mol. The SMILES string of the molecule is CN(CC1Cc2ccccc21)C1CCCCC1CN. The third-order valence-corrected chi connectivity index (χ3v) is 5.21. The van der Waals surface area contributed by atoms with E-state index in [2.05, 4.69) is 36.2 Å². The summed E-state index contributed by atoms with van der Waals surface area (Å²) < 4.78 is 0. The lowest BCUT2D eigenvalue weighted by molar-refractivity contribution is 0.124. The molecule has 0 aromatic heterocycles. The highest BCUT2D eigenvalue weighted by molar-refractivity contribution is 5.40. The Bertz CT molecular complexity index is 429. The third-order valence-electron chi connectivity index (χ3n) is 5.21. The van der Waals surface area contributed by atoms with Crippen LogP contribution in [-0.4, -0.2) is 31.1 Å². The summed E-state index contributed by atoms with van der Waals surface area (Å²) in [6.07, 6.45) is 6.69. The van der Waals surface area contributed by atoms with Crippen LogP contribution in [0.1, 0.15) is 42.7 Å². The van der Waals surface area contributed by atoms with E-state index in [1.165, 1.54) is 38.6 Å². The number of nitrogens with two attached hydrogens (primary N) is 1. The topological polar surface area (TPSA) is 29.3 Å². The molecule has 0 aliphatic heterocycles. The summed E-state index contributed by atoms with van der Waals surface area (Å²) in [5.74, 6) is 1.47. The zero-order valence-electron chi connectivity index (χ0n) is 12.0. The van der Waals surface area contributed by atoms with Crippen molar-refractivity contribution in [3.8, 4) is 0 Å². The van der Waals surface area contributed by atoms with Gasteiger partial charge in [-0.15, -0.1) is 0 Å². The molecule has 0 amide bonds. The Morgan fingerprint density at radius 2 is 2.00 bits per heavy atom. The van der Waals surface area contributed by atoms with Crippen LogP contribution in [-0.2, 0) is 6.42 Å². The van der Waals surface area contributed by atoms with Crippen molar-refractivity contribution in [2.75, 3.05) is 20.1 Å². The predicted octanol–water partition coefficient (Wildman–Crippen LogP) is 2.78. The molecule has 1 aromatic carbocycles. The van der Waals surface area contributed by atoms with Gasteiger partial charge in [0.1, 0.15) is 0 Å². The zero-order valence-corrected chi connectivity index (χ0v) is 12.0. The van der Waals surface area contributed by atoms with E-state index in [1.54, 1.807) is 11.1 Å². The lowest BCUT2D eigenvalue weighted by Crippen LogP contribution is -2.45. The molecule has 0 bridgehead atoms. The maximum Gasteiger partial charge on any atom is 0.0133 e. The van der Waals surface area contributed by atoms with Gasteiger partial charge in [0.25, 0.3) is 0 Å². The van der Waals surface area contributed by atoms with Crippen LogP contribution in [0, 0.1) is 5.92 Å². The number of benzene rings is 1. The summed E-state index contributed by atoms with van der Waals surface area (Å²) in [5.41, 5.74) is 9.09. The van der Waals surface area contributed by atoms with Gasteiger partial charge in [-0.05, 0) is 49.9 Å². The van der Waals surface area contributed by atoms with Crippen molar-refractivity contribution in [1.29, 1.82) is 0 Å². The fraction of sp³-hybridized carbons (Fsp3) is 0.647. The van der Waals surface area contributed by atoms with Crippen LogP contribution in [0.15, 0.2) is 24.3 Å². The van der Waals surface area contributed by atoms with Crippen molar-refractivity contribution in [3.63, 3.8) is 0 Å². The first-order valence-corrected chi connectivity index (χ1v) is 7.77.